The van der Waals surface area contributed by atoms with E-state index >= 15 is 0 Å². The van der Waals surface area contributed by atoms with Crippen molar-refractivity contribution in [3.05, 3.63) is 59.7 Å². The Kier molecular flexibility index (Phi) is 4.28. The van der Waals surface area contributed by atoms with Crippen LogP contribution in [0.3, 0.4) is 0 Å². The lowest BCUT2D eigenvalue weighted by Crippen LogP contribution is -2.38. The monoisotopic (exact) mass is 373 g/mol. The number of aromatic nitrogens is 2. The molecule has 1 saturated heterocycles. The van der Waals surface area contributed by atoms with Gasteiger partial charge >= 0.3 is 0 Å². The van der Waals surface area contributed by atoms with Crippen LogP contribution < -0.4 is 0 Å². The fourth-order valence-corrected chi connectivity index (χ4v) is 4.93. The predicted octanol–water partition coefficient (Wildman–Crippen LogP) is 3.58. The van der Waals surface area contributed by atoms with Crippen molar-refractivity contribution in [1.82, 2.24) is 14.3 Å². The second-order valence-corrected chi connectivity index (χ2v) is 8.71. The molecule has 4 rings (SSSR count). The van der Waals surface area contributed by atoms with E-state index in [-0.39, 0.29) is 10.8 Å². The Morgan fingerprint density at radius 3 is 2.50 bits per heavy atom. The van der Waals surface area contributed by atoms with E-state index < -0.39 is 15.8 Å². The zero-order valence-corrected chi connectivity index (χ0v) is 15.3. The van der Waals surface area contributed by atoms with Crippen molar-refractivity contribution in [1.29, 1.82) is 0 Å². The van der Waals surface area contributed by atoms with Gasteiger partial charge in [-0.1, -0.05) is 6.07 Å². The van der Waals surface area contributed by atoms with Gasteiger partial charge in [-0.3, -0.25) is 0 Å². The zero-order valence-electron chi connectivity index (χ0n) is 14.4. The van der Waals surface area contributed by atoms with Crippen molar-refractivity contribution in [3.8, 4) is 0 Å². The van der Waals surface area contributed by atoms with Crippen LogP contribution in [0.25, 0.3) is 11.0 Å². The van der Waals surface area contributed by atoms with Crippen molar-refractivity contribution in [3.63, 3.8) is 0 Å². The van der Waals surface area contributed by atoms with E-state index in [1.807, 2.05) is 19.1 Å². The second kappa shape index (κ2) is 6.48. The highest BCUT2D eigenvalue weighted by Gasteiger charge is 2.31. The van der Waals surface area contributed by atoms with Gasteiger partial charge in [0, 0.05) is 19.0 Å². The highest BCUT2D eigenvalue weighted by molar-refractivity contribution is 7.89. The molecule has 0 atom stereocenters. The molecule has 0 amide bonds. The number of imidazole rings is 1. The summed E-state index contributed by atoms with van der Waals surface area (Å²) in [6.07, 6.45) is 1.42. The Labute approximate surface area is 151 Å². The maximum Gasteiger partial charge on any atom is 0.243 e. The fourth-order valence-electron chi connectivity index (χ4n) is 3.46. The average molecular weight is 373 g/mol. The number of fused-ring (bicyclic) bond motifs is 1. The molecule has 1 aliphatic rings. The van der Waals surface area contributed by atoms with Crippen LogP contribution in [0.2, 0.25) is 0 Å². The van der Waals surface area contributed by atoms with E-state index in [1.165, 1.54) is 34.1 Å². The van der Waals surface area contributed by atoms with Crippen LogP contribution in [-0.2, 0) is 10.0 Å². The Hall–Kier alpha value is -2.25. The van der Waals surface area contributed by atoms with Crippen LogP contribution in [-0.4, -0.2) is 35.8 Å². The minimum Gasteiger partial charge on any atom is -0.342 e. The maximum absolute atomic E-state index is 13.0. The van der Waals surface area contributed by atoms with E-state index in [9.17, 15) is 12.8 Å². The van der Waals surface area contributed by atoms with Crippen LogP contribution in [0.4, 0.5) is 4.39 Å². The van der Waals surface area contributed by atoms with Gasteiger partial charge in [0.05, 0.1) is 15.9 Å². The second-order valence-electron chi connectivity index (χ2n) is 6.77. The lowest BCUT2D eigenvalue weighted by atomic mass is 9.97. The molecule has 3 aromatic rings. The molecule has 136 valence electrons. The molecule has 5 nitrogen and oxygen atoms in total. The van der Waals surface area contributed by atoms with Gasteiger partial charge in [-0.05, 0) is 61.7 Å². The molecule has 1 aromatic heterocycles. The first kappa shape index (κ1) is 17.2. The number of halogens is 1. The number of nitrogens with zero attached hydrogens (tertiary/aromatic N) is 2. The maximum atomic E-state index is 13.0. The highest BCUT2D eigenvalue weighted by atomic mass is 32.2. The summed E-state index contributed by atoms with van der Waals surface area (Å²) in [5.74, 6) is 0.689. The van der Waals surface area contributed by atoms with Crippen LogP contribution in [0, 0.1) is 12.7 Å². The first-order valence-corrected chi connectivity index (χ1v) is 10.1. The molecule has 0 bridgehead atoms. The predicted molar refractivity (Wildman–Crippen MR) is 98.0 cm³/mol. The number of hydrogen-bond acceptors (Lipinski definition) is 3. The van der Waals surface area contributed by atoms with Crippen LogP contribution >= 0.6 is 0 Å². The molecular weight excluding hydrogens is 353 g/mol. The summed E-state index contributed by atoms with van der Waals surface area (Å²) in [5, 5.41) is 0. The fraction of sp³-hybridized carbons (Fsp3) is 0.316. The number of benzene rings is 2. The van der Waals surface area contributed by atoms with Gasteiger partial charge in [0.2, 0.25) is 10.0 Å². The van der Waals surface area contributed by atoms with Gasteiger partial charge in [-0.15, -0.1) is 0 Å². The summed E-state index contributed by atoms with van der Waals surface area (Å²) in [6, 6.07) is 11.1. The SMILES string of the molecule is Cc1ccc2nc(C3CCN(S(=O)(=O)c4ccc(F)cc4)CC3)[nH]c2c1. The van der Waals surface area contributed by atoms with Crippen LogP contribution in [0.15, 0.2) is 47.4 Å². The number of aromatic amines is 1. The zero-order chi connectivity index (χ0) is 18.3. The molecule has 2 heterocycles. The summed E-state index contributed by atoms with van der Waals surface area (Å²) in [4.78, 5) is 8.18. The quantitative estimate of drug-likeness (QED) is 0.763. The van der Waals surface area contributed by atoms with Gasteiger partial charge in [-0.2, -0.15) is 4.31 Å². The Morgan fingerprint density at radius 2 is 1.81 bits per heavy atom. The third kappa shape index (κ3) is 3.12. The molecule has 0 aliphatic carbocycles. The Balaban J connectivity index is 1.50. The van der Waals surface area contributed by atoms with Crippen molar-refractivity contribution in [2.45, 2.75) is 30.6 Å². The van der Waals surface area contributed by atoms with Crippen molar-refractivity contribution in [2.24, 2.45) is 0 Å². The minimum atomic E-state index is -3.58. The topological polar surface area (TPSA) is 66.1 Å². The molecule has 0 saturated carbocycles. The number of nitrogens with one attached hydrogen (secondary N) is 1. The smallest absolute Gasteiger partial charge is 0.243 e. The van der Waals surface area contributed by atoms with Gasteiger partial charge in [-0.25, -0.2) is 17.8 Å². The van der Waals surface area contributed by atoms with E-state index in [4.69, 9.17) is 0 Å². The number of aryl methyl sites for hydroxylation is 1. The van der Waals surface area contributed by atoms with Gasteiger partial charge in [0.1, 0.15) is 11.6 Å². The summed E-state index contributed by atoms with van der Waals surface area (Å²) in [6.45, 7) is 2.90. The third-order valence-electron chi connectivity index (χ3n) is 4.95. The average Bonchev–Trinajstić information content (AvgIpc) is 3.05. The molecule has 26 heavy (non-hydrogen) atoms. The van der Waals surface area contributed by atoms with Crippen LogP contribution in [0.5, 0.6) is 0 Å². The summed E-state index contributed by atoms with van der Waals surface area (Å²) in [7, 11) is -3.58. The van der Waals surface area contributed by atoms with E-state index in [0.717, 1.165) is 16.9 Å². The highest BCUT2D eigenvalue weighted by Crippen LogP contribution is 2.30. The summed E-state index contributed by atoms with van der Waals surface area (Å²) >= 11 is 0. The molecule has 2 aromatic carbocycles. The lowest BCUT2D eigenvalue weighted by molar-refractivity contribution is 0.314. The molecule has 1 fully saturated rings. The number of piperidine rings is 1. The summed E-state index contributed by atoms with van der Waals surface area (Å²) < 4.78 is 39.9. The molecular formula is C19H20FN3O2S. The standard InChI is InChI=1S/C19H20FN3O2S/c1-13-2-7-17-18(12-13)22-19(21-17)14-8-10-23(11-9-14)26(24,25)16-5-3-15(20)4-6-16/h2-7,12,14H,8-11H2,1H3,(H,21,22). The molecule has 1 aliphatic heterocycles. The number of hydrogen-bond donors (Lipinski definition) is 1. The molecule has 1 N–H and O–H groups in total. The van der Waals surface area contributed by atoms with Gasteiger partial charge in [0.15, 0.2) is 0 Å². The number of rotatable bonds is 3. The van der Waals surface area contributed by atoms with E-state index in [2.05, 4.69) is 16.0 Å². The number of H-pyrrole nitrogens is 1. The van der Waals surface area contributed by atoms with Gasteiger partial charge < -0.3 is 4.98 Å². The third-order valence-corrected chi connectivity index (χ3v) is 6.86. The first-order chi connectivity index (χ1) is 12.4. The number of sulfonamides is 1. The van der Waals surface area contributed by atoms with E-state index in [0.29, 0.717) is 25.9 Å². The molecule has 0 radical (unpaired) electrons. The summed E-state index contributed by atoms with van der Waals surface area (Å²) in [5.41, 5.74) is 3.13. The van der Waals surface area contributed by atoms with Gasteiger partial charge in [0.25, 0.3) is 0 Å². The largest absolute Gasteiger partial charge is 0.342 e. The minimum absolute atomic E-state index is 0.136. The molecule has 7 heteroatoms. The lowest BCUT2D eigenvalue weighted by Gasteiger charge is -2.30. The van der Waals surface area contributed by atoms with E-state index in [1.54, 1.807) is 0 Å². The Bertz CT molecular complexity index is 1040. The molecule has 0 unspecified atom stereocenters. The van der Waals surface area contributed by atoms with Crippen molar-refractivity contribution >= 4 is 21.1 Å². The molecule has 0 spiro atoms. The van der Waals surface area contributed by atoms with Crippen molar-refractivity contribution in [2.75, 3.05) is 13.1 Å². The van der Waals surface area contributed by atoms with Crippen molar-refractivity contribution < 1.29 is 12.8 Å². The van der Waals surface area contributed by atoms with Crippen LogP contribution in [0.1, 0.15) is 30.1 Å². The normalized spacial score (nSPS) is 17.0. The first-order valence-electron chi connectivity index (χ1n) is 8.65. The Morgan fingerprint density at radius 1 is 1.12 bits per heavy atom.